The highest BCUT2D eigenvalue weighted by molar-refractivity contribution is 5.86. The largest absolute Gasteiger partial charge is 0.445 e. The van der Waals surface area contributed by atoms with Gasteiger partial charge in [0.2, 0.25) is 12.0 Å². The third-order valence-corrected chi connectivity index (χ3v) is 9.37. The zero-order valence-corrected chi connectivity index (χ0v) is 35.9. The van der Waals surface area contributed by atoms with Gasteiger partial charge in [-0.05, 0) is 62.3 Å². The van der Waals surface area contributed by atoms with Crippen molar-refractivity contribution in [2.24, 2.45) is 4.99 Å². The number of alkyl carbamates (subject to hydrolysis) is 2. The molecule has 4 aromatic rings. The highest BCUT2D eigenvalue weighted by Crippen LogP contribution is 2.15. The lowest BCUT2D eigenvalue weighted by atomic mass is 10.0. The first kappa shape index (κ1) is 48.2. The average molecular weight is 850 g/mol. The molecule has 4 rings (SSSR count). The molecule has 2 unspecified atom stereocenters. The van der Waals surface area contributed by atoms with Gasteiger partial charge in [0.25, 0.3) is 0 Å². The van der Waals surface area contributed by atoms with E-state index in [1.807, 2.05) is 121 Å². The van der Waals surface area contributed by atoms with Crippen molar-refractivity contribution >= 4 is 30.3 Å². The molecular formula is C48H59N5O9. The van der Waals surface area contributed by atoms with Crippen LogP contribution in [0.1, 0.15) is 68.7 Å². The van der Waals surface area contributed by atoms with Crippen LogP contribution in [0.2, 0.25) is 0 Å². The minimum Gasteiger partial charge on any atom is -0.445 e. The lowest BCUT2D eigenvalue weighted by Crippen LogP contribution is -2.51. The molecule has 0 heterocycles. The number of carbonyl (C=O) groups is 4. The Morgan fingerprint density at radius 3 is 1.68 bits per heavy atom. The fourth-order valence-corrected chi connectivity index (χ4v) is 6.27. The molecule has 0 radical (unpaired) electrons. The van der Waals surface area contributed by atoms with Crippen LogP contribution >= 0.6 is 0 Å². The molecule has 4 amide bonds. The van der Waals surface area contributed by atoms with E-state index in [-0.39, 0.29) is 58.2 Å². The molecule has 0 saturated carbocycles. The molecule has 2 N–H and O–H groups in total. The van der Waals surface area contributed by atoms with E-state index in [1.165, 1.54) is 0 Å². The van der Waals surface area contributed by atoms with Gasteiger partial charge in [0, 0.05) is 45.6 Å². The number of rotatable bonds is 24. The van der Waals surface area contributed by atoms with E-state index in [1.54, 1.807) is 36.7 Å². The average Bonchev–Trinajstić information content (AvgIpc) is 3.27. The van der Waals surface area contributed by atoms with Gasteiger partial charge >= 0.3 is 18.3 Å². The Bertz CT molecular complexity index is 1980. The van der Waals surface area contributed by atoms with Gasteiger partial charge in [-0.1, -0.05) is 121 Å². The maximum atomic E-state index is 14.5. The minimum atomic E-state index is -0.984. The molecule has 4 aromatic carbocycles. The Morgan fingerprint density at radius 1 is 0.629 bits per heavy atom. The fourth-order valence-electron chi connectivity index (χ4n) is 6.27. The summed E-state index contributed by atoms with van der Waals surface area (Å²) in [6.45, 7) is 6.90. The Morgan fingerprint density at radius 2 is 1.13 bits per heavy atom. The quantitative estimate of drug-likeness (QED) is 0.0308. The summed E-state index contributed by atoms with van der Waals surface area (Å²) in [5.74, 6) is -0.360. The molecule has 0 saturated heterocycles. The summed E-state index contributed by atoms with van der Waals surface area (Å²) in [5.41, 5.74) is 2.64. The molecule has 62 heavy (non-hydrogen) atoms. The molecule has 0 aliphatic heterocycles. The zero-order chi connectivity index (χ0) is 44.4. The summed E-state index contributed by atoms with van der Waals surface area (Å²) in [6, 6.07) is 36.5. The number of aliphatic imine (C=N–C) groups is 1. The molecule has 330 valence electrons. The molecule has 0 spiro atoms. The summed E-state index contributed by atoms with van der Waals surface area (Å²) in [6.07, 6.45) is 0.672. The van der Waals surface area contributed by atoms with E-state index in [0.717, 1.165) is 22.3 Å². The monoisotopic (exact) mass is 849 g/mol. The van der Waals surface area contributed by atoms with Gasteiger partial charge in [0.1, 0.15) is 24.9 Å². The standard InChI is InChI=1S/C48H59N5O9/c1-48(2,3)62-46(57)51-42(33-38-19-8-4-9-20-38)44(55)52(32-27-43(50-37-54)59-34-39-21-10-5-11-22-39)29-16-17-30-53(47(58)61-36-41-25-14-7-15-26-41)31-18-28-49-45(56)60-35-40-23-12-6-13-24-40/h4-15,19-26,42-43H,16-18,27-36H2,1-3H3,(H,49,56)(H,51,57). The van der Waals surface area contributed by atoms with Crippen LogP contribution in [-0.4, -0.2) is 90.7 Å². The van der Waals surface area contributed by atoms with E-state index in [4.69, 9.17) is 18.9 Å². The summed E-state index contributed by atoms with van der Waals surface area (Å²) < 4.78 is 22.5. The van der Waals surface area contributed by atoms with Crippen LogP contribution in [0.15, 0.2) is 126 Å². The molecule has 0 bridgehead atoms. The number of unbranched alkanes of at least 4 members (excludes halogenated alkanes) is 1. The smallest absolute Gasteiger partial charge is 0.410 e. The van der Waals surface area contributed by atoms with Gasteiger partial charge in [-0.15, -0.1) is 0 Å². The molecular weight excluding hydrogens is 791 g/mol. The normalized spacial score (nSPS) is 11.9. The number of benzene rings is 4. The molecule has 14 heteroatoms. The van der Waals surface area contributed by atoms with E-state index >= 15 is 0 Å². The van der Waals surface area contributed by atoms with Crippen LogP contribution in [0.3, 0.4) is 0 Å². The van der Waals surface area contributed by atoms with E-state index < -0.39 is 36.2 Å². The molecule has 0 aromatic heterocycles. The summed E-state index contributed by atoms with van der Waals surface area (Å²) in [7, 11) is 0. The first-order valence-corrected chi connectivity index (χ1v) is 20.9. The number of nitrogens with one attached hydrogen (secondary N) is 2. The van der Waals surface area contributed by atoms with Crippen LogP contribution in [-0.2, 0) is 54.8 Å². The number of nitrogens with zero attached hydrogens (tertiary/aromatic N) is 3. The van der Waals surface area contributed by atoms with Crippen LogP contribution < -0.4 is 10.6 Å². The number of ether oxygens (including phenoxy) is 4. The van der Waals surface area contributed by atoms with Gasteiger partial charge in [-0.25, -0.2) is 19.2 Å². The van der Waals surface area contributed by atoms with Crippen molar-refractivity contribution in [3.8, 4) is 0 Å². The molecule has 0 aliphatic rings. The number of hydrogen-bond acceptors (Lipinski definition) is 10. The van der Waals surface area contributed by atoms with Gasteiger partial charge in [-0.2, -0.15) is 4.99 Å². The van der Waals surface area contributed by atoms with Crippen molar-refractivity contribution in [2.45, 2.75) is 90.6 Å². The van der Waals surface area contributed by atoms with Gasteiger partial charge < -0.3 is 39.4 Å². The highest BCUT2D eigenvalue weighted by atomic mass is 16.6. The van der Waals surface area contributed by atoms with Gasteiger partial charge in [-0.3, -0.25) is 4.79 Å². The van der Waals surface area contributed by atoms with Crippen molar-refractivity contribution in [3.05, 3.63) is 144 Å². The van der Waals surface area contributed by atoms with Crippen LogP contribution in [0.25, 0.3) is 0 Å². The summed E-state index contributed by atoms with van der Waals surface area (Å²) in [4.78, 5) is 71.9. The highest BCUT2D eigenvalue weighted by Gasteiger charge is 2.29. The van der Waals surface area contributed by atoms with Crippen LogP contribution in [0.4, 0.5) is 14.4 Å². The second-order valence-corrected chi connectivity index (χ2v) is 15.6. The third-order valence-electron chi connectivity index (χ3n) is 9.37. The van der Waals surface area contributed by atoms with Crippen molar-refractivity contribution in [1.82, 2.24) is 20.4 Å². The summed E-state index contributed by atoms with van der Waals surface area (Å²) in [5, 5.41) is 5.53. The predicted octanol–water partition coefficient (Wildman–Crippen LogP) is 7.96. The van der Waals surface area contributed by atoms with Crippen LogP contribution in [0.5, 0.6) is 0 Å². The topological polar surface area (TPSA) is 165 Å². The minimum absolute atomic E-state index is 0.0900. The lowest BCUT2D eigenvalue weighted by molar-refractivity contribution is -0.134. The third kappa shape index (κ3) is 19.3. The Labute approximate surface area is 364 Å². The van der Waals surface area contributed by atoms with Gasteiger partial charge in [0.05, 0.1) is 6.61 Å². The molecule has 0 fully saturated rings. The van der Waals surface area contributed by atoms with E-state index in [9.17, 15) is 24.0 Å². The maximum absolute atomic E-state index is 14.5. The number of amides is 4. The zero-order valence-electron chi connectivity index (χ0n) is 35.9. The SMILES string of the molecule is CC(C)(C)OC(=O)NC(Cc1ccccc1)C(=O)N(CCCCN(CCCNC(=O)OCc1ccccc1)C(=O)OCc1ccccc1)CCC(N=C=O)OCc1ccccc1. The Kier molecular flexibility index (Phi) is 20.7. The molecule has 0 aliphatic carbocycles. The second-order valence-electron chi connectivity index (χ2n) is 15.6. The van der Waals surface area contributed by atoms with Crippen molar-refractivity contribution in [1.29, 1.82) is 0 Å². The van der Waals surface area contributed by atoms with E-state index in [0.29, 0.717) is 32.4 Å². The molecule has 2 atom stereocenters. The van der Waals surface area contributed by atoms with Crippen molar-refractivity contribution in [2.75, 3.05) is 32.7 Å². The number of carbonyl (C=O) groups excluding carboxylic acids is 5. The first-order valence-electron chi connectivity index (χ1n) is 20.9. The Balaban J connectivity index is 1.44. The van der Waals surface area contributed by atoms with Crippen LogP contribution in [0, 0.1) is 0 Å². The van der Waals surface area contributed by atoms with E-state index in [2.05, 4.69) is 15.6 Å². The summed E-state index contributed by atoms with van der Waals surface area (Å²) >= 11 is 0. The van der Waals surface area contributed by atoms with Gasteiger partial charge in [0.15, 0.2) is 6.23 Å². The lowest BCUT2D eigenvalue weighted by Gasteiger charge is -2.30. The molecule has 14 nitrogen and oxygen atoms in total. The second kappa shape index (κ2) is 26.7. The van der Waals surface area contributed by atoms with Crippen molar-refractivity contribution < 1.29 is 42.9 Å². The first-order chi connectivity index (χ1) is 30.0. The number of isocyanates is 1. The fraction of sp³-hybridized carbons (Fsp3) is 0.396. The predicted molar refractivity (Wildman–Crippen MR) is 234 cm³/mol. The maximum Gasteiger partial charge on any atom is 0.410 e. The Hall–Kier alpha value is -6.50. The van der Waals surface area contributed by atoms with Crippen molar-refractivity contribution in [3.63, 3.8) is 0 Å². The number of hydrogen-bond donors (Lipinski definition) is 2.